The number of hydrogen-bond donors (Lipinski definition) is 1. The molecule has 0 aromatic carbocycles. The fourth-order valence-electron chi connectivity index (χ4n) is 1.79. The minimum atomic E-state index is -7.99. The van der Waals surface area contributed by atoms with Crippen molar-refractivity contribution in [2.45, 2.75) is 48.6 Å². The second-order valence-electron chi connectivity index (χ2n) is 6.08. The van der Waals surface area contributed by atoms with Gasteiger partial charge in [-0.25, -0.2) is 0 Å². The molecular weight excluding hydrogens is 487 g/mol. The zero-order chi connectivity index (χ0) is 24.6. The molecule has 1 atom stereocenters. The molecule has 0 aliphatic rings. The fourth-order valence-corrected chi connectivity index (χ4v) is 2.23. The molecule has 0 aliphatic carbocycles. The van der Waals surface area contributed by atoms with Crippen molar-refractivity contribution in [3.8, 4) is 0 Å². The molecule has 0 radical (unpaired) electrons. The molecule has 0 fully saturated rings. The molecule has 0 rings (SSSR count). The first-order valence-corrected chi connectivity index (χ1v) is 9.11. The Balaban J connectivity index is 5.79. The molecule has 0 amide bonds. The van der Waals surface area contributed by atoms with Gasteiger partial charge in [-0.2, -0.15) is 65.5 Å². The van der Waals surface area contributed by atoms with Crippen LogP contribution in [0.3, 0.4) is 0 Å². The molecule has 0 aromatic rings. The summed E-state index contributed by atoms with van der Waals surface area (Å²) in [6.45, 7) is -2.40. The zero-order valence-corrected chi connectivity index (χ0v) is 15.2. The van der Waals surface area contributed by atoms with Crippen LogP contribution in [0, 0.1) is 5.92 Å². The van der Waals surface area contributed by atoms with Crippen LogP contribution in [0.5, 0.6) is 0 Å². The zero-order valence-electron chi connectivity index (χ0n) is 14.4. The van der Waals surface area contributed by atoms with Crippen LogP contribution >= 0.6 is 0 Å². The Morgan fingerprint density at radius 2 is 1.17 bits per heavy atom. The van der Waals surface area contributed by atoms with Crippen molar-refractivity contribution in [1.82, 2.24) is 0 Å². The van der Waals surface area contributed by atoms with Gasteiger partial charge >= 0.3 is 35.8 Å². The van der Waals surface area contributed by atoms with Gasteiger partial charge in [-0.3, -0.25) is 4.18 Å². The Labute approximate surface area is 160 Å². The predicted octanol–water partition coefficient (Wildman–Crippen LogP) is 4.09. The minimum absolute atomic E-state index is 0.438. The summed E-state index contributed by atoms with van der Waals surface area (Å²) in [5.41, 5.74) is 0. The molecule has 0 aromatic heterocycles. The van der Waals surface area contributed by atoms with Crippen molar-refractivity contribution in [3.05, 3.63) is 0 Å². The van der Waals surface area contributed by atoms with E-state index in [1.54, 1.807) is 0 Å². The van der Waals surface area contributed by atoms with E-state index < -0.39 is 77.9 Å². The lowest BCUT2D eigenvalue weighted by Crippen LogP contribution is -2.70. The van der Waals surface area contributed by atoms with Crippen LogP contribution in [0.15, 0.2) is 0 Å². The van der Waals surface area contributed by atoms with E-state index in [1.165, 1.54) is 0 Å². The molecule has 1 unspecified atom stereocenters. The molecule has 0 aliphatic heterocycles. The first-order valence-electron chi connectivity index (χ1n) is 7.30. The number of aliphatic hydroxyl groups excluding tert-OH is 1. The third-order valence-corrected chi connectivity index (χ3v) is 4.21. The van der Waals surface area contributed by atoms with E-state index in [2.05, 4.69) is 4.18 Å². The van der Waals surface area contributed by atoms with Crippen molar-refractivity contribution < 1.29 is 74.8 Å². The van der Waals surface area contributed by atoms with E-state index >= 15 is 0 Å². The minimum Gasteiger partial charge on any atom is -0.396 e. The lowest BCUT2D eigenvalue weighted by atomic mass is 9.90. The maximum absolute atomic E-state index is 13.6. The summed E-state index contributed by atoms with van der Waals surface area (Å²) in [6.07, 6.45) is -11.1. The Morgan fingerprint density at radius 3 is 1.50 bits per heavy atom. The van der Waals surface area contributed by atoms with Crippen molar-refractivity contribution >= 4 is 10.1 Å². The van der Waals surface area contributed by atoms with Gasteiger partial charge in [0, 0.05) is 18.9 Å². The van der Waals surface area contributed by atoms with Crippen LogP contribution in [0.2, 0.25) is 0 Å². The highest BCUT2D eigenvalue weighted by Gasteiger charge is 2.90. The summed E-state index contributed by atoms with van der Waals surface area (Å²) in [5.74, 6) is -39.1. The molecule has 18 heteroatoms. The predicted molar refractivity (Wildman–Crippen MR) is 71.4 cm³/mol. The van der Waals surface area contributed by atoms with E-state index in [4.69, 9.17) is 5.11 Å². The molecule has 0 heterocycles. The van der Waals surface area contributed by atoms with Crippen LogP contribution in [0.4, 0.5) is 57.1 Å². The topological polar surface area (TPSA) is 63.6 Å². The van der Waals surface area contributed by atoms with E-state index in [-0.39, 0.29) is 0 Å². The van der Waals surface area contributed by atoms with E-state index in [0.717, 1.165) is 0 Å². The Morgan fingerprint density at radius 1 is 0.767 bits per heavy atom. The lowest BCUT2D eigenvalue weighted by molar-refractivity contribution is -0.440. The monoisotopic (exact) mass is 500 g/mol. The van der Waals surface area contributed by atoms with Gasteiger partial charge < -0.3 is 5.11 Å². The normalized spacial score (nSPS) is 16.6. The van der Waals surface area contributed by atoms with Gasteiger partial charge in [-0.15, -0.1) is 0 Å². The average molecular weight is 500 g/mol. The largest absolute Gasteiger partial charge is 0.460 e. The van der Waals surface area contributed by atoms with Gasteiger partial charge in [0.2, 0.25) is 0 Å². The summed E-state index contributed by atoms with van der Waals surface area (Å²) in [5, 5.41) is 8.81. The van der Waals surface area contributed by atoms with Crippen LogP contribution in [0.1, 0.15) is 12.8 Å². The third-order valence-electron chi connectivity index (χ3n) is 3.64. The third kappa shape index (κ3) is 5.41. The molecule has 182 valence electrons. The maximum atomic E-state index is 13.6. The number of hydrogen-bond acceptors (Lipinski definition) is 4. The van der Waals surface area contributed by atoms with Crippen LogP contribution in [0.25, 0.3) is 0 Å². The van der Waals surface area contributed by atoms with Crippen molar-refractivity contribution in [3.63, 3.8) is 0 Å². The van der Waals surface area contributed by atoms with Crippen molar-refractivity contribution in [2.75, 3.05) is 19.5 Å². The first-order chi connectivity index (χ1) is 12.9. The van der Waals surface area contributed by atoms with E-state index in [9.17, 15) is 65.5 Å². The summed E-state index contributed by atoms with van der Waals surface area (Å²) in [6, 6.07) is 0. The molecule has 0 saturated heterocycles. The highest BCUT2D eigenvalue weighted by molar-refractivity contribution is 7.85. The molecule has 30 heavy (non-hydrogen) atoms. The quantitative estimate of drug-likeness (QED) is 0.343. The van der Waals surface area contributed by atoms with E-state index in [1.807, 2.05) is 0 Å². The van der Waals surface area contributed by atoms with Gasteiger partial charge in [-0.1, -0.05) is 0 Å². The maximum Gasteiger partial charge on any atom is 0.460 e. The summed E-state index contributed by atoms with van der Waals surface area (Å²) >= 11 is 0. The SMILES string of the molecule is CS(=O)(=O)OCC(CO)CCC(F)(F)C(F)(F)C(F)(F)C(F)(F)C(F)(F)C(F)(F)F. The number of halogens is 13. The number of alkyl halides is 13. The molecule has 1 N–H and O–H groups in total. The molecular formula is C12H13F13O4S. The van der Waals surface area contributed by atoms with E-state index in [0.29, 0.717) is 6.26 Å². The van der Waals surface area contributed by atoms with Crippen molar-refractivity contribution in [1.29, 1.82) is 0 Å². The van der Waals surface area contributed by atoms with Crippen molar-refractivity contribution in [2.24, 2.45) is 5.92 Å². The van der Waals surface area contributed by atoms with Crippen LogP contribution < -0.4 is 0 Å². The van der Waals surface area contributed by atoms with Crippen LogP contribution in [-0.2, 0) is 14.3 Å². The highest BCUT2D eigenvalue weighted by atomic mass is 32.2. The number of rotatable bonds is 11. The van der Waals surface area contributed by atoms with Gasteiger partial charge in [0.1, 0.15) is 0 Å². The highest BCUT2D eigenvalue weighted by Crippen LogP contribution is 2.60. The second-order valence-corrected chi connectivity index (χ2v) is 7.72. The molecule has 4 nitrogen and oxygen atoms in total. The Kier molecular flexibility index (Phi) is 8.18. The molecule has 0 bridgehead atoms. The van der Waals surface area contributed by atoms with Crippen LogP contribution in [-0.4, -0.2) is 68.8 Å². The molecule has 0 saturated carbocycles. The van der Waals surface area contributed by atoms with Gasteiger partial charge in [0.25, 0.3) is 10.1 Å². The Hall–Kier alpha value is -1.04. The Bertz CT molecular complexity index is 687. The molecule has 0 spiro atoms. The second kappa shape index (κ2) is 8.48. The summed E-state index contributed by atoms with van der Waals surface area (Å²) in [7, 11) is -4.24. The summed E-state index contributed by atoms with van der Waals surface area (Å²) < 4.78 is 193. The number of aliphatic hydroxyl groups is 1. The standard InChI is InChI=1S/C12H13F13O4S/c1-30(27,28)29-5-6(4-26)2-3-7(13,14)8(15,16)9(17,18)10(19,20)11(21,22)12(23,24)25/h6,26H,2-5H2,1H3. The van der Waals surface area contributed by atoms with Gasteiger partial charge in [-0.05, 0) is 6.42 Å². The lowest BCUT2D eigenvalue weighted by Gasteiger charge is -2.40. The average Bonchev–Trinajstić information content (AvgIpc) is 2.52. The smallest absolute Gasteiger partial charge is 0.396 e. The first kappa shape index (κ1) is 29.0. The fraction of sp³-hybridized carbons (Fsp3) is 1.00. The summed E-state index contributed by atoms with van der Waals surface area (Å²) in [4.78, 5) is 0. The van der Waals surface area contributed by atoms with Gasteiger partial charge in [0.15, 0.2) is 0 Å². The van der Waals surface area contributed by atoms with Gasteiger partial charge in [0.05, 0.1) is 12.9 Å².